The molecular weight excluding hydrogens is 1070 g/mol. The molecule has 2 aliphatic rings. The van der Waals surface area contributed by atoms with Gasteiger partial charge in [0.05, 0.1) is 45.0 Å². The zero-order valence-corrected chi connectivity index (χ0v) is 34.7. The second-order valence-corrected chi connectivity index (χ2v) is 14.2. The molecule has 0 saturated carbocycles. The summed E-state index contributed by atoms with van der Waals surface area (Å²) in [6.07, 6.45) is 2.26. The fourth-order valence-corrected chi connectivity index (χ4v) is 7.41. The first-order valence-corrected chi connectivity index (χ1v) is 18.6. The van der Waals surface area contributed by atoms with Crippen LogP contribution in [0.2, 0.25) is 0 Å². The van der Waals surface area contributed by atoms with Gasteiger partial charge in [0, 0.05) is 0 Å². The van der Waals surface area contributed by atoms with Crippen molar-refractivity contribution < 1.29 is 105 Å². The van der Waals surface area contributed by atoms with Gasteiger partial charge in [0.25, 0.3) is 0 Å². The van der Waals surface area contributed by atoms with Gasteiger partial charge < -0.3 is 9.97 Å². The quantitative estimate of drug-likeness (QED) is 0.0472. The van der Waals surface area contributed by atoms with Gasteiger partial charge >= 0.3 is 16.8 Å². The van der Waals surface area contributed by atoms with Crippen molar-refractivity contribution in [1.29, 1.82) is 5.53 Å². The van der Waals surface area contributed by atoms with E-state index in [1.54, 1.807) is 4.91 Å². The van der Waals surface area contributed by atoms with E-state index < -0.39 is 206 Å². The fourth-order valence-electron chi connectivity index (χ4n) is 7.41. The van der Waals surface area contributed by atoms with Crippen LogP contribution in [0.1, 0.15) is 22.8 Å². The van der Waals surface area contributed by atoms with E-state index in [0.29, 0.717) is 48.6 Å². The maximum absolute atomic E-state index is 15.8. The number of nitrogens with one attached hydrogen (secondary N) is 1. The van der Waals surface area contributed by atoms with Gasteiger partial charge in [-0.25, -0.2) is 97.8 Å². The van der Waals surface area contributed by atoms with E-state index in [0.717, 1.165) is 0 Å². The molecule has 9 rings (SSSR count). The van der Waals surface area contributed by atoms with Crippen LogP contribution in [0.3, 0.4) is 0 Å². The fraction of sp³-hybridized carbons (Fsp3) is 0. The summed E-state index contributed by atoms with van der Waals surface area (Å²) in [5.74, 6) is -53.1. The molecule has 4 aromatic carbocycles. The van der Waals surface area contributed by atoms with Crippen molar-refractivity contribution >= 4 is 46.4 Å². The summed E-state index contributed by atoms with van der Waals surface area (Å²) in [6, 6.07) is 2.26. The summed E-state index contributed by atoms with van der Waals surface area (Å²) in [7, 11) is 0. The van der Waals surface area contributed by atoms with E-state index in [4.69, 9.17) is 11.1 Å². The first-order chi connectivity index (χ1) is 33.5. The molecule has 0 radical (unpaired) electrons. The number of hydrogen-bond donors (Lipinski definition) is 1. The summed E-state index contributed by atoms with van der Waals surface area (Å²) >= 11 is 0. The smallest absolute Gasteiger partial charge is 0.657 e. The molecule has 0 spiro atoms. The average Bonchev–Trinajstić information content (AvgIpc) is 4.21. The van der Waals surface area contributed by atoms with Gasteiger partial charge in [0.15, 0.2) is 93.1 Å². The Bertz CT molecular complexity index is 3240. The number of hydrogen-bond acceptors (Lipinski definition) is 3. The van der Waals surface area contributed by atoms with E-state index in [-0.39, 0.29) is 16.8 Å². The molecule has 28 heteroatoms. The van der Waals surface area contributed by atoms with Gasteiger partial charge in [-0.15, -0.1) is 27.6 Å². The number of aromatic nitrogens is 4. The van der Waals surface area contributed by atoms with Crippen molar-refractivity contribution in [2.75, 3.05) is 0 Å². The van der Waals surface area contributed by atoms with Crippen LogP contribution in [0.5, 0.6) is 0 Å². The predicted molar refractivity (Wildman–Crippen MR) is 207 cm³/mol. The van der Waals surface area contributed by atoms with Crippen LogP contribution in [0, 0.1) is 122 Å². The van der Waals surface area contributed by atoms with Gasteiger partial charge in [-0.05, 0) is 57.0 Å². The number of nitrogens with zero attached hydrogens (tertiary/aromatic N) is 6. The summed E-state index contributed by atoms with van der Waals surface area (Å²) in [5, 5.41) is 0. The Labute approximate surface area is 394 Å². The molecule has 0 amide bonds. The Kier molecular flexibility index (Phi) is 13.6. The van der Waals surface area contributed by atoms with Crippen molar-refractivity contribution in [1.82, 2.24) is 19.9 Å². The Hall–Kier alpha value is -8.10. The van der Waals surface area contributed by atoms with Crippen LogP contribution in [0.4, 0.5) is 87.8 Å². The third kappa shape index (κ3) is 7.77. The maximum atomic E-state index is 15.8. The molecule has 0 saturated heterocycles. The molecule has 0 atom stereocenters. The molecule has 0 aliphatic carbocycles. The normalized spacial score (nSPS) is 11.7. The molecule has 1 N–H and O–H groups in total. The molecule has 8 bridgehead atoms. The van der Waals surface area contributed by atoms with Gasteiger partial charge in [-0.3, -0.25) is 0 Å². The molecule has 72 heavy (non-hydrogen) atoms. The number of fused-ring (bicyclic) bond motifs is 8. The second-order valence-electron chi connectivity index (χ2n) is 14.2. The summed E-state index contributed by atoms with van der Waals surface area (Å²) in [5.41, 5.74) is -9.35. The van der Waals surface area contributed by atoms with Crippen LogP contribution in [0.15, 0.2) is 24.3 Å². The third-order valence-electron chi connectivity index (χ3n) is 10.4. The zero-order valence-electron chi connectivity index (χ0n) is 33.7. The van der Waals surface area contributed by atoms with E-state index in [9.17, 15) is 52.7 Å². The minimum absolute atomic E-state index is 0. The minimum Gasteiger partial charge on any atom is -0.657 e. The van der Waals surface area contributed by atoms with Gasteiger partial charge in [-0.1, -0.05) is 24.3 Å². The van der Waals surface area contributed by atoms with Gasteiger partial charge in [0.1, 0.15) is 0 Å². The summed E-state index contributed by atoms with van der Waals surface area (Å²) in [6.45, 7) is 0. The maximum Gasteiger partial charge on any atom is 3.00 e. The molecule has 7 nitrogen and oxygen atoms in total. The molecule has 2 aliphatic heterocycles. The molecule has 5 heterocycles. The Morgan fingerprint density at radius 3 is 0.583 bits per heavy atom. The van der Waals surface area contributed by atoms with E-state index >= 15 is 35.1 Å². The Morgan fingerprint density at radius 1 is 0.292 bits per heavy atom. The number of benzene rings is 4. The average molecular weight is 1070 g/mol. The second kappa shape index (κ2) is 18.9. The Morgan fingerprint density at radius 2 is 0.431 bits per heavy atom. The van der Waals surface area contributed by atoms with Crippen molar-refractivity contribution in [3.8, 4) is 44.5 Å². The summed E-state index contributed by atoms with van der Waals surface area (Å²) < 4.78 is 303. The number of halogens is 20. The van der Waals surface area contributed by atoms with E-state index in [1.165, 1.54) is 0 Å². The van der Waals surface area contributed by atoms with E-state index in [2.05, 4.69) is 19.9 Å². The van der Waals surface area contributed by atoms with Crippen molar-refractivity contribution in [2.24, 2.45) is 0 Å². The molecule has 7 aromatic rings. The standard InChI is InChI=1S/C44H8F20N4.Co.HN3/c45-25-21(26(46)34(54)41(61)33(25)53)17-9-1-2-10(65-9)18(22-27(47)35(55)42(62)36(56)28(22)48)12-5-6-14(67-12)20(24-31(51)39(59)44(64)40(60)32(24)52)16-8-7-15(68-16)19(13-4-3-11(17)66-13)23-29(49)37(57)43(63)38(58)30(23)50;;1-3-2/h1-8H;;1H/q-2;+3;. The van der Waals surface area contributed by atoms with Crippen LogP contribution >= 0.6 is 0 Å². The molecular formula is C44H9CoF20N7+. The van der Waals surface area contributed by atoms with Crippen molar-refractivity contribution in [3.05, 3.63) is 174 Å². The van der Waals surface area contributed by atoms with Gasteiger partial charge in [-0.2, -0.15) is 0 Å². The summed E-state index contributed by atoms with van der Waals surface area (Å²) in [4.78, 5) is 17.3. The number of rotatable bonds is 4. The topological polar surface area (TPSA) is 114 Å². The Balaban J connectivity index is 0.00000186. The third-order valence-corrected chi connectivity index (χ3v) is 10.4. The van der Waals surface area contributed by atoms with Gasteiger partial charge in [0.2, 0.25) is 23.3 Å². The first-order valence-electron chi connectivity index (χ1n) is 18.6. The van der Waals surface area contributed by atoms with Crippen LogP contribution in [-0.4, -0.2) is 9.97 Å². The van der Waals surface area contributed by atoms with Crippen LogP contribution < -0.4 is 9.97 Å². The molecule has 0 unspecified atom stereocenters. The first kappa shape index (κ1) is 51.7. The predicted octanol–water partition coefficient (Wildman–Crippen LogP) is 14.2. The van der Waals surface area contributed by atoms with Crippen molar-refractivity contribution in [3.63, 3.8) is 0 Å². The van der Waals surface area contributed by atoms with Crippen molar-refractivity contribution in [2.45, 2.75) is 0 Å². The SMILES string of the molecule is Fc1c(F)c(F)c(-c2c3nc(c(-c4c(F)c(F)c(F)c(F)c4F)c4ccc([n-]4)c(-c4c(F)c(F)c(F)c(F)c4F)c4nc(c(-c5c(F)c(F)c(F)c(F)c5F)c5ccc2[n-]5)C=C4)C=C3)c(F)c1F.[Co+3].[N-]=[N+]=N. The molecule has 0 fully saturated rings. The minimum atomic E-state index is -2.73. The largest absolute Gasteiger partial charge is 3.00 e. The molecule has 368 valence electrons. The van der Waals surface area contributed by atoms with E-state index in [1.807, 2.05) is 0 Å². The monoisotopic (exact) mass is 1070 g/mol. The molecule has 3 aromatic heterocycles. The zero-order chi connectivity index (χ0) is 52.0. The van der Waals surface area contributed by atoms with Crippen LogP contribution in [0.25, 0.3) is 101 Å². The van der Waals surface area contributed by atoms with Crippen LogP contribution in [-0.2, 0) is 16.8 Å².